The van der Waals surface area contributed by atoms with Gasteiger partial charge in [-0.15, -0.1) is 0 Å². The third-order valence-corrected chi connectivity index (χ3v) is 9.43. The van der Waals surface area contributed by atoms with Crippen LogP contribution >= 0.6 is 0 Å². The van der Waals surface area contributed by atoms with Crippen molar-refractivity contribution >= 4 is 5.91 Å². The molecule has 1 aromatic rings. The maximum Gasteiger partial charge on any atom is 0.228 e. The summed E-state index contributed by atoms with van der Waals surface area (Å²) in [6.07, 6.45) is 5.36. The number of carbonyl (C=O) groups is 1. The average Bonchev–Trinajstić information content (AvgIpc) is 3.06. The van der Waals surface area contributed by atoms with Crippen LogP contribution in [0.25, 0.3) is 0 Å². The number of rotatable bonds is 24. The fourth-order valence-electron chi connectivity index (χ4n) is 6.17. The maximum atomic E-state index is 13.7. The van der Waals surface area contributed by atoms with Gasteiger partial charge in [-0.05, 0) is 17.9 Å². The number of aliphatic hydroxyl groups is 6. The molecule has 1 fully saturated rings. The molecule has 10 heteroatoms. The van der Waals surface area contributed by atoms with Crippen LogP contribution < -0.4 is 5.32 Å². The van der Waals surface area contributed by atoms with Crippen molar-refractivity contribution in [3.8, 4) is 0 Å². The second kappa shape index (κ2) is 22.9. The molecule has 2 unspecified atom stereocenters. The molecule has 266 valence electrons. The van der Waals surface area contributed by atoms with Crippen molar-refractivity contribution in [2.24, 2.45) is 5.92 Å². The highest BCUT2D eigenvalue weighted by Crippen LogP contribution is 2.28. The van der Waals surface area contributed by atoms with Crippen molar-refractivity contribution in [1.82, 2.24) is 5.32 Å². The van der Waals surface area contributed by atoms with Crippen molar-refractivity contribution in [3.05, 3.63) is 35.9 Å². The minimum atomic E-state index is -1.63. The lowest BCUT2D eigenvalue weighted by atomic mass is 9.84. The molecule has 1 aromatic carbocycles. The number of unbranched alkanes of at least 4 members (excludes halogenated alkanes) is 11. The zero-order valence-corrected chi connectivity index (χ0v) is 28.4. The number of amides is 1. The quantitative estimate of drug-likeness (QED) is 0.0818. The first-order valence-corrected chi connectivity index (χ1v) is 17.8. The Hall–Kier alpha value is -1.63. The molecule has 0 aliphatic carbocycles. The van der Waals surface area contributed by atoms with Crippen LogP contribution in [0, 0.1) is 5.92 Å². The van der Waals surface area contributed by atoms with E-state index in [9.17, 15) is 35.4 Å². The summed E-state index contributed by atoms with van der Waals surface area (Å²) in [4.78, 5) is 13.7. The Morgan fingerprint density at radius 2 is 1.41 bits per heavy atom. The lowest BCUT2D eigenvalue weighted by Crippen LogP contribution is -2.60. The highest BCUT2D eigenvalue weighted by Gasteiger charge is 2.44. The Bertz CT molecular complexity index is 920. The van der Waals surface area contributed by atoms with Crippen LogP contribution in [0.3, 0.4) is 0 Å². The Labute approximate surface area is 276 Å². The van der Waals surface area contributed by atoms with Gasteiger partial charge in [0.05, 0.1) is 31.3 Å². The SMILES string of the molecule is CCCCCCCCCCCCCC[C@@H](O)[C@@H](O)[C@H](CO[C@H]1O[C@H](CO)[C@H](O)[C@H](O)[C@H]1O)NC(=O)C(c1ccccc1)C(C)CC. The first-order valence-electron chi connectivity index (χ1n) is 17.8. The van der Waals surface area contributed by atoms with E-state index in [0.717, 1.165) is 37.7 Å². The Kier molecular flexibility index (Phi) is 20.1. The monoisotopic (exact) mass is 653 g/mol. The topological polar surface area (TPSA) is 169 Å². The Morgan fingerprint density at radius 3 is 1.96 bits per heavy atom. The molecule has 10 nitrogen and oxygen atoms in total. The van der Waals surface area contributed by atoms with Gasteiger partial charge in [-0.1, -0.05) is 135 Å². The predicted molar refractivity (Wildman–Crippen MR) is 178 cm³/mol. The maximum absolute atomic E-state index is 13.7. The summed E-state index contributed by atoms with van der Waals surface area (Å²) >= 11 is 0. The third kappa shape index (κ3) is 13.5. The second-order valence-electron chi connectivity index (χ2n) is 13.2. The molecule has 1 aliphatic heterocycles. The van der Waals surface area contributed by atoms with Crippen molar-refractivity contribution < 1.29 is 44.9 Å². The molecule has 46 heavy (non-hydrogen) atoms. The van der Waals surface area contributed by atoms with Gasteiger partial charge in [-0.2, -0.15) is 0 Å². The van der Waals surface area contributed by atoms with E-state index >= 15 is 0 Å². The molecule has 1 amide bonds. The van der Waals surface area contributed by atoms with E-state index in [1.807, 2.05) is 44.2 Å². The fraction of sp³-hybridized carbons (Fsp3) is 0.806. The minimum Gasteiger partial charge on any atom is -0.394 e. The number of aliphatic hydroxyl groups excluding tert-OH is 6. The molecule has 1 saturated heterocycles. The summed E-state index contributed by atoms with van der Waals surface area (Å²) in [6, 6.07) is 8.31. The van der Waals surface area contributed by atoms with Gasteiger partial charge in [0.2, 0.25) is 5.91 Å². The van der Waals surface area contributed by atoms with Crippen molar-refractivity contribution in [2.45, 2.75) is 166 Å². The lowest BCUT2D eigenvalue weighted by Gasteiger charge is -2.40. The molecule has 0 aromatic heterocycles. The Balaban J connectivity index is 1.99. The predicted octanol–water partition coefficient (Wildman–Crippen LogP) is 3.93. The second-order valence-corrected chi connectivity index (χ2v) is 13.2. The van der Waals surface area contributed by atoms with Crippen molar-refractivity contribution in [2.75, 3.05) is 13.2 Å². The summed E-state index contributed by atoms with van der Waals surface area (Å²) in [5.41, 5.74) is 0.828. The molecule has 2 rings (SSSR count). The first-order chi connectivity index (χ1) is 22.2. The number of hydrogen-bond acceptors (Lipinski definition) is 9. The minimum absolute atomic E-state index is 0.0162. The van der Waals surface area contributed by atoms with Crippen molar-refractivity contribution in [1.29, 1.82) is 0 Å². The highest BCUT2D eigenvalue weighted by molar-refractivity contribution is 5.84. The standard InChI is InChI=1S/C36H63NO9/c1-4-6-7-8-9-10-11-12-13-14-15-19-22-28(39)31(40)27(24-45-36-34(43)33(42)32(41)29(23-38)46-36)37-35(44)30(25(3)5-2)26-20-17-16-18-21-26/h16-18,20-21,25,27-34,36,38-43H,4-15,19,22-24H2,1-3H3,(H,37,44)/t25?,27-,28+,29+,30?,31-,32-,33-,34+,36-/m0/s1. The van der Waals surface area contributed by atoms with Gasteiger partial charge in [0.25, 0.3) is 0 Å². The van der Waals surface area contributed by atoms with Gasteiger partial charge in [0.15, 0.2) is 6.29 Å². The van der Waals surface area contributed by atoms with Gasteiger partial charge < -0.3 is 45.4 Å². The molecule has 0 spiro atoms. The van der Waals surface area contributed by atoms with E-state index in [1.165, 1.54) is 51.4 Å². The van der Waals surface area contributed by atoms with Crippen molar-refractivity contribution in [3.63, 3.8) is 0 Å². The Morgan fingerprint density at radius 1 is 0.848 bits per heavy atom. The van der Waals surface area contributed by atoms with Crippen LogP contribution in [0.1, 0.15) is 122 Å². The third-order valence-electron chi connectivity index (χ3n) is 9.43. The number of hydrogen-bond donors (Lipinski definition) is 7. The summed E-state index contributed by atoms with van der Waals surface area (Å²) in [5, 5.41) is 65.4. The van der Waals surface area contributed by atoms with Crippen LogP contribution in [-0.2, 0) is 14.3 Å². The number of carbonyl (C=O) groups excluding carboxylic acids is 1. The molecular weight excluding hydrogens is 590 g/mol. The summed E-state index contributed by atoms with van der Waals surface area (Å²) in [6.45, 7) is 5.25. The fourth-order valence-corrected chi connectivity index (χ4v) is 6.17. The van der Waals surface area contributed by atoms with E-state index in [1.54, 1.807) is 0 Å². The van der Waals surface area contributed by atoms with Crippen LogP contribution in [-0.4, -0.2) is 98.7 Å². The zero-order chi connectivity index (χ0) is 33.9. The number of ether oxygens (including phenoxy) is 2. The summed E-state index contributed by atoms with van der Waals surface area (Å²) in [7, 11) is 0. The molecule has 1 aliphatic rings. The van der Waals surface area contributed by atoms with Crippen LogP contribution in [0.2, 0.25) is 0 Å². The smallest absolute Gasteiger partial charge is 0.228 e. The molecule has 1 heterocycles. The van der Waals surface area contributed by atoms with Gasteiger partial charge >= 0.3 is 0 Å². The molecule has 10 atom stereocenters. The number of benzene rings is 1. The largest absolute Gasteiger partial charge is 0.394 e. The molecule has 0 radical (unpaired) electrons. The van der Waals surface area contributed by atoms with E-state index in [0.29, 0.717) is 6.42 Å². The lowest BCUT2D eigenvalue weighted by molar-refractivity contribution is -0.303. The molecule has 7 N–H and O–H groups in total. The normalized spacial score (nSPS) is 25.0. The molecular formula is C36H63NO9. The zero-order valence-electron chi connectivity index (χ0n) is 28.4. The van der Waals surface area contributed by atoms with Gasteiger partial charge in [0.1, 0.15) is 30.5 Å². The summed E-state index contributed by atoms with van der Waals surface area (Å²) in [5.74, 6) is -0.862. The summed E-state index contributed by atoms with van der Waals surface area (Å²) < 4.78 is 11.2. The van der Waals surface area contributed by atoms with Crippen LogP contribution in [0.4, 0.5) is 0 Å². The highest BCUT2D eigenvalue weighted by atomic mass is 16.7. The van der Waals surface area contributed by atoms with Crippen LogP contribution in [0.15, 0.2) is 30.3 Å². The molecule has 0 saturated carbocycles. The van der Waals surface area contributed by atoms with E-state index in [2.05, 4.69) is 12.2 Å². The average molecular weight is 654 g/mol. The van der Waals surface area contributed by atoms with E-state index < -0.39 is 61.5 Å². The molecule has 0 bridgehead atoms. The van der Waals surface area contributed by atoms with Gasteiger partial charge in [0, 0.05) is 0 Å². The van der Waals surface area contributed by atoms with E-state index in [4.69, 9.17) is 9.47 Å². The van der Waals surface area contributed by atoms with Gasteiger partial charge in [-0.25, -0.2) is 0 Å². The first kappa shape index (κ1) is 40.5. The van der Waals surface area contributed by atoms with Gasteiger partial charge in [-0.3, -0.25) is 4.79 Å². The number of nitrogens with one attached hydrogen (secondary N) is 1. The van der Waals surface area contributed by atoms with Crippen LogP contribution in [0.5, 0.6) is 0 Å². The van der Waals surface area contributed by atoms with E-state index in [-0.39, 0.29) is 18.4 Å².